The molecule has 1 aromatic rings. The lowest BCUT2D eigenvalue weighted by atomic mass is 10.4. The maximum Gasteiger partial charge on any atom is 0.410 e. The molecule has 0 bridgehead atoms. The van der Waals surface area contributed by atoms with Crippen molar-refractivity contribution in [3.05, 3.63) is 16.5 Å². The molecule has 1 amide bonds. The number of aromatic nitrogens is 2. The second-order valence-corrected chi connectivity index (χ2v) is 2.76. The Hall–Kier alpha value is -1.61. The molecule has 0 spiro atoms. The molecule has 0 unspecified atom stereocenters. The Morgan fingerprint density at radius 3 is 3.31 bits per heavy atom. The predicted octanol–water partition coefficient (Wildman–Crippen LogP) is 1.31. The number of anilines is 1. The summed E-state index contributed by atoms with van der Waals surface area (Å²) in [4.78, 5) is 17.9. The van der Waals surface area contributed by atoms with Gasteiger partial charge in [-0.15, -0.1) is 6.40 Å². The third-order valence-corrected chi connectivity index (χ3v) is 1.47. The van der Waals surface area contributed by atoms with E-state index in [1.165, 1.54) is 6.20 Å². The van der Waals surface area contributed by atoms with Crippen LogP contribution in [0.2, 0.25) is 0 Å². The Kier molecular flexibility index (Phi) is 2.38. The van der Waals surface area contributed by atoms with Gasteiger partial charge in [-0.3, -0.25) is 5.32 Å². The van der Waals surface area contributed by atoms with Gasteiger partial charge in [-0.2, -0.15) is 0 Å². The van der Waals surface area contributed by atoms with Crippen LogP contribution in [-0.2, 0) is 0 Å². The standard InChI is InChI=1S/C7H4BrN3O2/c1-2-4-6(11-7(12)13)9-3-5(8)10-4/h1,3H,(H,9,11)(H,12,13)/i1D. The highest BCUT2D eigenvalue weighted by molar-refractivity contribution is 9.10. The van der Waals surface area contributed by atoms with E-state index in [1.807, 2.05) is 11.7 Å². The zero-order valence-corrected chi connectivity index (χ0v) is 7.79. The molecule has 1 rings (SSSR count). The molecule has 0 aliphatic heterocycles. The number of amides is 1. The van der Waals surface area contributed by atoms with Crippen LogP contribution in [0.25, 0.3) is 0 Å². The van der Waals surface area contributed by atoms with Crippen molar-refractivity contribution < 1.29 is 11.3 Å². The summed E-state index contributed by atoms with van der Waals surface area (Å²) in [5.74, 6) is 2.32. The summed E-state index contributed by atoms with van der Waals surface area (Å²) in [7, 11) is 0. The van der Waals surface area contributed by atoms with Crippen molar-refractivity contribution in [2.75, 3.05) is 5.32 Å². The van der Waals surface area contributed by atoms with Crippen LogP contribution in [-0.4, -0.2) is 21.2 Å². The van der Waals surface area contributed by atoms with E-state index in [9.17, 15) is 4.79 Å². The van der Waals surface area contributed by atoms with Gasteiger partial charge in [-0.25, -0.2) is 14.8 Å². The fraction of sp³-hybridized carbons (Fsp3) is 0. The molecular weight excluding hydrogens is 238 g/mol. The van der Waals surface area contributed by atoms with Gasteiger partial charge >= 0.3 is 6.09 Å². The number of nitrogens with zero attached hydrogens (tertiary/aromatic N) is 2. The minimum absolute atomic E-state index is 0.0143. The molecule has 0 aliphatic carbocycles. The number of rotatable bonds is 1. The third kappa shape index (κ3) is 2.42. The van der Waals surface area contributed by atoms with Crippen LogP contribution in [0.5, 0.6) is 0 Å². The van der Waals surface area contributed by atoms with E-state index in [2.05, 4.69) is 31.8 Å². The minimum Gasteiger partial charge on any atom is -0.465 e. The molecule has 1 aromatic heterocycles. The number of carboxylic acid groups (broad SMARTS) is 1. The summed E-state index contributed by atoms with van der Waals surface area (Å²) in [6, 6.07) is 0. The molecule has 0 aromatic carbocycles. The lowest BCUT2D eigenvalue weighted by molar-refractivity contribution is 0.209. The van der Waals surface area contributed by atoms with Gasteiger partial charge in [0, 0.05) is 0 Å². The Bertz CT molecular complexity index is 427. The van der Waals surface area contributed by atoms with Crippen molar-refractivity contribution in [1.82, 2.24) is 9.97 Å². The molecule has 2 N–H and O–H groups in total. The zero-order valence-electron chi connectivity index (χ0n) is 7.21. The predicted molar refractivity (Wildman–Crippen MR) is 49.3 cm³/mol. The highest BCUT2D eigenvalue weighted by Crippen LogP contribution is 2.12. The first kappa shape index (κ1) is 8.01. The Morgan fingerprint density at radius 1 is 1.92 bits per heavy atom. The van der Waals surface area contributed by atoms with E-state index in [0.717, 1.165) is 0 Å². The van der Waals surface area contributed by atoms with Crippen molar-refractivity contribution in [3.63, 3.8) is 0 Å². The maximum absolute atomic E-state index is 10.3. The average molecular weight is 243 g/mol. The summed E-state index contributed by atoms with van der Waals surface area (Å²) in [5.41, 5.74) is 0.108. The summed E-state index contributed by atoms with van der Waals surface area (Å²) in [5, 5.41) is 10.5. The number of hydrogen-bond donors (Lipinski definition) is 2. The van der Waals surface area contributed by atoms with E-state index in [-0.39, 0.29) is 11.5 Å². The molecule has 0 fully saturated rings. The Morgan fingerprint density at radius 2 is 2.69 bits per heavy atom. The quantitative estimate of drug-likeness (QED) is 0.729. The fourth-order valence-electron chi connectivity index (χ4n) is 0.647. The Labute approximate surface area is 83.7 Å². The minimum atomic E-state index is -1.25. The van der Waals surface area contributed by atoms with Gasteiger partial charge in [0.25, 0.3) is 0 Å². The molecule has 13 heavy (non-hydrogen) atoms. The van der Waals surface area contributed by atoms with E-state index in [4.69, 9.17) is 6.48 Å². The van der Waals surface area contributed by atoms with Crippen molar-refractivity contribution in [1.29, 1.82) is 0 Å². The van der Waals surface area contributed by atoms with E-state index in [1.54, 1.807) is 0 Å². The maximum atomic E-state index is 10.3. The van der Waals surface area contributed by atoms with Gasteiger partial charge in [0.1, 0.15) is 5.97 Å². The van der Waals surface area contributed by atoms with Gasteiger partial charge in [-0.1, -0.05) is 0 Å². The largest absolute Gasteiger partial charge is 0.465 e. The van der Waals surface area contributed by atoms with Gasteiger partial charge in [0.05, 0.1) is 6.20 Å². The molecule has 6 heteroatoms. The van der Waals surface area contributed by atoms with Crippen molar-refractivity contribution in [2.45, 2.75) is 0 Å². The van der Waals surface area contributed by atoms with E-state index < -0.39 is 6.09 Å². The first-order valence-electron chi connectivity index (χ1n) is 3.58. The number of halogens is 1. The second-order valence-electron chi connectivity index (χ2n) is 1.95. The monoisotopic (exact) mass is 242 g/mol. The van der Waals surface area contributed by atoms with Crippen molar-refractivity contribution in [2.24, 2.45) is 0 Å². The van der Waals surface area contributed by atoms with Crippen LogP contribution < -0.4 is 5.32 Å². The molecule has 0 atom stereocenters. The topological polar surface area (TPSA) is 75.1 Å². The Balaban J connectivity index is 3.12. The molecule has 0 radical (unpaired) electrons. The van der Waals surface area contributed by atoms with E-state index in [0.29, 0.717) is 4.60 Å². The first-order chi connectivity index (χ1) is 6.63. The SMILES string of the molecule is [2H]C#Cc1nc(Br)cnc1NC(=O)O. The first-order valence-corrected chi connectivity index (χ1v) is 3.88. The molecular formula is C7H4BrN3O2. The van der Waals surface area contributed by atoms with Gasteiger partial charge in [0.15, 0.2) is 11.5 Å². The third-order valence-electron chi connectivity index (χ3n) is 1.09. The number of carbonyl (C=O) groups is 1. The number of terminal acetylenes is 1. The van der Waals surface area contributed by atoms with Crippen LogP contribution in [0.4, 0.5) is 10.6 Å². The fourth-order valence-corrected chi connectivity index (χ4v) is 0.927. The highest BCUT2D eigenvalue weighted by atomic mass is 79.9. The molecule has 0 saturated carbocycles. The van der Waals surface area contributed by atoms with Gasteiger partial charge < -0.3 is 5.11 Å². The van der Waals surface area contributed by atoms with Crippen LogP contribution >= 0.6 is 15.9 Å². The summed E-state index contributed by atoms with van der Waals surface area (Å²) < 4.78 is 7.09. The number of nitrogens with one attached hydrogen (secondary N) is 1. The van der Waals surface area contributed by atoms with Crippen LogP contribution in [0.1, 0.15) is 7.06 Å². The second kappa shape index (κ2) is 3.87. The van der Waals surface area contributed by atoms with Gasteiger partial charge in [-0.05, 0) is 21.9 Å². The lowest BCUT2D eigenvalue weighted by Gasteiger charge is -2.01. The van der Waals surface area contributed by atoms with Crippen LogP contribution in [0.15, 0.2) is 10.8 Å². The summed E-state index contributed by atoms with van der Waals surface area (Å²) in [6.07, 6.45) is 1.95. The lowest BCUT2D eigenvalue weighted by Crippen LogP contribution is -2.11. The van der Waals surface area contributed by atoms with Crippen molar-refractivity contribution >= 4 is 27.8 Å². The smallest absolute Gasteiger partial charge is 0.410 e. The average Bonchev–Trinajstić information content (AvgIpc) is 2.09. The molecule has 66 valence electrons. The van der Waals surface area contributed by atoms with Crippen LogP contribution in [0, 0.1) is 12.3 Å². The molecule has 0 aliphatic rings. The normalized spacial score (nSPS) is 9.46. The molecule has 5 nitrogen and oxygen atoms in total. The summed E-state index contributed by atoms with van der Waals surface area (Å²) >= 11 is 3.05. The molecule has 1 heterocycles. The van der Waals surface area contributed by atoms with Gasteiger partial charge in [0.2, 0.25) is 0 Å². The number of hydrogen-bond acceptors (Lipinski definition) is 3. The van der Waals surface area contributed by atoms with Crippen molar-refractivity contribution in [3.8, 4) is 12.3 Å². The molecule has 0 saturated heterocycles. The van der Waals surface area contributed by atoms with E-state index >= 15 is 0 Å². The zero-order chi connectivity index (χ0) is 10.6. The van der Waals surface area contributed by atoms with Crippen LogP contribution in [0.3, 0.4) is 0 Å². The highest BCUT2D eigenvalue weighted by Gasteiger charge is 2.06. The summed E-state index contributed by atoms with van der Waals surface area (Å²) in [6.45, 7) is 0.